The van der Waals surface area contributed by atoms with Crippen LogP contribution in [-0.2, 0) is 19.6 Å². The number of phenolic OH excluding ortho intramolecular Hbond substituents is 1. The molecule has 0 amide bonds. The van der Waals surface area contributed by atoms with Crippen molar-refractivity contribution in [1.29, 1.82) is 0 Å². The van der Waals surface area contributed by atoms with Gasteiger partial charge in [-0.2, -0.15) is 0 Å². The van der Waals surface area contributed by atoms with Crippen LogP contribution in [0, 0.1) is 0 Å². The van der Waals surface area contributed by atoms with E-state index in [9.17, 15) is 5.11 Å². The van der Waals surface area contributed by atoms with Gasteiger partial charge in [0.15, 0.2) is 0 Å². The number of rotatable bonds is 2. The van der Waals surface area contributed by atoms with Crippen LogP contribution in [-0.4, -0.2) is 10.0 Å². The van der Waals surface area contributed by atoms with Crippen LogP contribution in [0.2, 0.25) is 5.02 Å². The fraction of sp³-hybridized carbons (Fsp3) is 0.200. The molecule has 0 radical (unpaired) electrons. The molecule has 1 N–H and O–H groups in total. The van der Waals surface area contributed by atoms with Crippen molar-refractivity contribution in [2.75, 3.05) is 0 Å². The summed E-state index contributed by atoms with van der Waals surface area (Å²) < 4.78 is 0. The zero-order valence-electron chi connectivity index (χ0n) is 9.94. The van der Waals surface area contributed by atoms with E-state index in [1.54, 1.807) is 12.1 Å². The van der Waals surface area contributed by atoms with Gasteiger partial charge in [0.2, 0.25) is 0 Å². The Bertz CT molecular complexity index is 557. The van der Waals surface area contributed by atoms with Gasteiger partial charge in [0, 0.05) is 30.2 Å². The van der Waals surface area contributed by atoms with Gasteiger partial charge in [-0.3, -0.25) is 4.90 Å². The SMILES string of the molecule is Oc1ccc(Cl)cc1CN1Cc2ccccc2C1. The lowest BCUT2D eigenvalue weighted by atomic mass is 10.1. The minimum atomic E-state index is 0.315. The summed E-state index contributed by atoms with van der Waals surface area (Å²) in [7, 11) is 0. The largest absolute Gasteiger partial charge is 0.508 e. The molecule has 0 atom stereocenters. The first kappa shape index (κ1) is 11.6. The van der Waals surface area contributed by atoms with Crippen LogP contribution in [0.1, 0.15) is 16.7 Å². The van der Waals surface area contributed by atoms with Crippen LogP contribution >= 0.6 is 11.6 Å². The fourth-order valence-electron chi connectivity index (χ4n) is 2.44. The van der Waals surface area contributed by atoms with Crippen molar-refractivity contribution in [1.82, 2.24) is 4.90 Å². The lowest BCUT2D eigenvalue weighted by molar-refractivity contribution is 0.271. The molecule has 3 heteroatoms. The lowest BCUT2D eigenvalue weighted by Gasteiger charge is -2.15. The van der Waals surface area contributed by atoms with Crippen molar-refractivity contribution in [2.45, 2.75) is 19.6 Å². The minimum Gasteiger partial charge on any atom is -0.508 e. The van der Waals surface area contributed by atoms with Gasteiger partial charge in [-0.05, 0) is 29.3 Å². The molecule has 1 aliphatic heterocycles. The Labute approximate surface area is 111 Å². The molecule has 0 fully saturated rings. The van der Waals surface area contributed by atoms with E-state index in [1.807, 2.05) is 6.07 Å². The molecule has 0 unspecified atom stereocenters. The Balaban J connectivity index is 1.78. The molecule has 2 nitrogen and oxygen atoms in total. The van der Waals surface area contributed by atoms with Gasteiger partial charge < -0.3 is 5.11 Å². The van der Waals surface area contributed by atoms with Crippen LogP contribution in [0.5, 0.6) is 5.75 Å². The zero-order valence-corrected chi connectivity index (χ0v) is 10.7. The van der Waals surface area contributed by atoms with E-state index in [4.69, 9.17) is 11.6 Å². The van der Waals surface area contributed by atoms with Crippen molar-refractivity contribution >= 4 is 11.6 Å². The van der Waals surface area contributed by atoms with Gasteiger partial charge in [-0.1, -0.05) is 35.9 Å². The zero-order chi connectivity index (χ0) is 12.5. The second-order valence-corrected chi connectivity index (χ2v) is 5.12. The second kappa shape index (κ2) is 4.63. The molecule has 0 spiro atoms. The van der Waals surface area contributed by atoms with Crippen molar-refractivity contribution in [3.05, 3.63) is 64.2 Å². The monoisotopic (exact) mass is 259 g/mol. The summed E-state index contributed by atoms with van der Waals surface area (Å²) in [4.78, 5) is 2.30. The van der Waals surface area contributed by atoms with Gasteiger partial charge in [0.1, 0.15) is 5.75 Å². The Morgan fingerprint density at radius 1 is 1.06 bits per heavy atom. The molecule has 92 valence electrons. The minimum absolute atomic E-state index is 0.315. The number of hydrogen-bond donors (Lipinski definition) is 1. The number of nitrogens with zero attached hydrogens (tertiary/aromatic N) is 1. The highest BCUT2D eigenvalue weighted by Gasteiger charge is 2.19. The molecule has 0 saturated heterocycles. The molecule has 1 heterocycles. The van der Waals surface area contributed by atoms with E-state index in [0.29, 0.717) is 10.8 Å². The summed E-state index contributed by atoms with van der Waals surface area (Å²) in [5, 5.41) is 10.5. The molecule has 3 rings (SSSR count). The molecule has 0 saturated carbocycles. The molecule has 0 bridgehead atoms. The number of halogens is 1. The first-order valence-electron chi connectivity index (χ1n) is 5.99. The van der Waals surface area contributed by atoms with Crippen LogP contribution in [0.4, 0.5) is 0 Å². The summed E-state index contributed by atoms with van der Waals surface area (Å²) in [6, 6.07) is 13.7. The summed E-state index contributed by atoms with van der Waals surface area (Å²) in [5.74, 6) is 0.315. The number of hydrogen-bond acceptors (Lipinski definition) is 2. The van der Waals surface area contributed by atoms with Crippen LogP contribution in [0.3, 0.4) is 0 Å². The molecule has 1 aliphatic rings. The van der Waals surface area contributed by atoms with Crippen molar-refractivity contribution in [2.24, 2.45) is 0 Å². The molecule has 2 aromatic carbocycles. The van der Waals surface area contributed by atoms with E-state index in [-0.39, 0.29) is 0 Å². The third kappa shape index (κ3) is 2.22. The quantitative estimate of drug-likeness (QED) is 0.891. The summed E-state index contributed by atoms with van der Waals surface area (Å²) >= 11 is 5.96. The van der Waals surface area contributed by atoms with Gasteiger partial charge in [-0.25, -0.2) is 0 Å². The summed E-state index contributed by atoms with van der Waals surface area (Å²) in [5.41, 5.74) is 3.63. The first-order chi connectivity index (χ1) is 8.72. The maximum Gasteiger partial charge on any atom is 0.120 e. The predicted octanol–water partition coefficient (Wildman–Crippen LogP) is 3.56. The Hall–Kier alpha value is -1.51. The van der Waals surface area contributed by atoms with Crippen LogP contribution < -0.4 is 0 Å². The van der Waals surface area contributed by atoms with E-state index in [2.05, 4.69) is 29.2 Å². The number of aromatic hydroxyl groups is 1. The first-order valence-corrected chi connectivity index (χ1v) is 6.37. The van der Waals surface area contributed by atoms with Gasteiger partial charge in [0.05, 0.1) is 0 Å². The third-order valence-corrected chi connectivity index (χ3v) is 3.58. The third-order valence-electron chi connectivity index (χ3n) is 3.34. The van der Waals surface area contributed by atoms with Crippen molar-refractivity contribution in [3.63, 3.8) is 0 Å². The summed E-state index contributed by atoms with van der Waals surface area (Å²) in [6.45, 7) is 2.59. The number of benzene rings is 2. The molecule has 2 aromatic rings. The second-order valence-electron chi connectivity index (χ2n) is 4.69. The lowest BCUT2D eigenvalue weighted by Crippen LogP contribution is -2.15. The maximum atomic E-state index is 9.83. The molecular weight excluding hydrogens is 246 g/mol. The van der Waals surface area contributed by atoms with Crippen molar-refractivity contribution < 1.29 is 5.11 Å². The molecule has 18 heavy (non-hydrogen) atoms. The maximum absolute atomic E-state index is 9.83. The Morgan fingerprint density at radius 3 is 2.39 bits per heavy atom. The van der Waals surface area contributed by atoms with Crippen LogP contribution in [0.15, 0.2) is 42.5 Å². The average Bonchev–Trinajstić information content (AvgIpc) is 2.76. The van der Waals surface area contributed by atoms with Gasteiger partial charge in [0.25, 0.3) is 0 Å². The van der Waals surface area contributed by atoms with Crippen molar-refractivity contribution in [3.8, 4) is 5.75 Å². The van der Waals surface area contributed by atoms with Crippen LogP contribution in [0.25, 0.3) is 0 Å². The number of fused-ring (bicyclic) bond motifs is 1. The fourth-order valence-corrected chi connectivity index (χ4v) is 2.63. The van der Waals surface area contributed by atoms with E-state index in [1.165, 1.54) is 11.1 Å². The Kier molecular flexibility index (Phi) is 2.98. The topological polar surface area (TPSA) is 23.5 Å². The highest BCUT2D eigenvalue weighted by Crippen LogP contribution is 2.28. The van der Waals surface area contributed by atoms with E-state index in [0.717, 1.165) is 25.2 Å². The van der Waals surface area contributed by atoms with Gasteiger partial charge >= 0.3 is 0 Å². The predicted molar refractivity (Wildman–Crippen MR) is 72.5 cm³/mol. The normalized spacial score (nSPS) is 14.7. The highest BCUT2D eigenvalue weighted by atomic mass is 35.5. The molecule has 0 aromatic heterocycles. The Morgan fingerprint density at radius 2 is 1.72 bits per heavy atom. The van der Waals surface area contributed by atoms with E-state index >= 15 is 0 Å². The van der Waals surface area contributed by atoms with Gasteiger partial charge in [-0.15, -0.1) is 0 Å². The standard InChI is InChI=1S/C15H14ClNO/c16-14-5-6-15(18)13(7-14)10-17-8-11-3-1-2-4-12(11)9-17/h1-7,18H,8-10H2. The highest BCUT2D eigenvalue weighted by molar-refractivity contribution is 6.30. The average molecular weight is 260 g/mol. The number of phenols is 1. The summed E-state index contributed by atoms with van der Waals surface area (Å²) in [6.07, 6.45) is 0. The smallest absolute Gasteiger partial charge is 0.120 e. The molecule has 0 aliphatic carbocycles. The van der Waals surface area contributed by atoms with E-state index < -0.39 is 0 Å². The molecular formula is C15H14ClNO.